The second-order valence-electron chi connectivity index (χ2n) is 7.94. The maximum atomic E-state index is 13.2. The van der Waals surface area contributed by atoms with Crippen molar-refractivity contribution in [1.29, 1.82) is 0 Å². The Balaban J connectivity index is 1.38. The van der Waals surface area contributed by atoms with Gasteiger partial charge in [-0.15, -0.1) is 10.2 Å². The molecule has 1 saturated carbocycles. The molecule has 5 rings (SSSR count). The normalized spacial score (nSPS) is 18.5. The molecule has 1 aliphatic carbocycles. The molecule has 0 radical (unpaired) electrons. The highest BCUT2D eigenvalue weighted by Crippen LogP contribution is 2.39. The summed E-state index contributed by atoms with van der Waals surface area (Å²) in [7, 11) is -3.51. The first-order valence-corrected chi connectivity index (χ1v) is 11.4. The van der Waals surface area contributed by atoms with Crippen LogP contribution in [0.25, 0.3) is 5.65 Å². The van der Waals surface area contributed by atoms with E-state index in [-0.39, 0.29) is 0 Å². The first kappa shape index (κ1) is 18.5. The highest BCUT2D eigenvalue weighted by atomic mass is 32.2. The van der Waals surface area contributed by atoms with Crippen LogP contribution in [0.5, 0.6) is 0 Å². The van der Waals surface area contributed by atoms with Crippen molar-refractivity contribution in [2.45, 2.75) is 37.5 Å². The summed E-state index contributed by atoms with van der Waals surface area (Å²) in [6.07, 6.45) is 6.01. The minimum Gasteiger partial charge on any atom is -0.351 e. The van der Waals surface area contributed by atoms with Gasteiger partial charge in [0.2, 0.25) is 15.7 Å². The molecule has 3 aromatic rings. The number of hydrogen-bond acceptors (Lipinski definition) is 6. The molecule has 1 aliphatic heterocycles. The summed E-state index contributed by atoms with van der Waals surface area (Å²) in [6, 6.07) is 5.56. The van der Waals surface area contributed by atoms with Gasteiger partial charge < -0.3 is 4.90 Å². The molecule has 1 saturated heterocycles. The molecule has 2 aromatic heterocycles. The van der Waals surface area contributed by atoms with Crippen molar-refractivity contribution in [2.24, 2.45) is 0 Å². The van der Waals surface area contributed by atoms with E-state index in [2.05, 4.69) is 20.1 Å². The number of piperazine rings is 1. The molecular formula is C20H24N6O2S. The van der Waals surface area contributed by atoms with Crippen LogP contribution in [0.3, 0.4) is 0 Å². The van der Waals surface area contributed by atoms with Crippen LogP contribution in [0, 0.1) is 13.8 Å². The molecule has 9 heteroatoms. The van der Waals surface area contributed by atoms with E-state index in [4.69, 9.17) is 0 Å². The molecular weight excluding hydrogens is 388 g/mol. The molecule has 0 spiro atoms. The third-order valence-electron chi connectivity index (χ3n) is 5.78. The predicted molar refractivity (Wildman–Crippen MR) is 110 cm³/mol. The zero-order valence-corrected chi connectivity index (χ0v) is 17.4. The van der Waals surface area contributed by atoms with Gasteiger partial charge in [0.1, 0.15) is 5.82 Å². The molecule has 1 aromatic carbocycles. The summed E-state index contributed by atoms with van der Waals surface area (Å²) < 4.78 is 29.9. The molecule has 2 fully saturated rings. The van der Waals surface area contributed by atoms with Crippen molar-refractivity contribution >= 4 is 21.5 Å². The molecule has 3 heterocycles. The van der Waals surface area contributed by atoms with Crippen LogP contribution in [-0.4, -0.2) is 58.5 Å². The van der Waals surface area contributed by atoms with Gasteiger partial charge in [-0.3, -0.25) is 4.40 Å². The van der Waals surface area contributed by atoms with Crippen LogP contribution in [0.15, 0.2) is 35.5 Å². The van der Waals surface area contributed by atoms with Crippen LogP contribution >= 0.6 is 0 Å². The monoisotopic (exact) mass is 412 g/mol. The van der Waals surface area contributed by atoms with E-state index >= 15 is 0 Å². The number of hydrogen-bond donors (Lipinski definition) is 0. The summed E-state index contributed by atoms with van der Waals surface area (Å²) in [4.78, 5) is 7.04. The number of fused-ring (bicyclic) bond motifs is 1. The van der Waals surface area contributed by atoms with Gasteiger partial charge in [-0.05, 0) is 43.9 Å². The van der Waals surface area contributed by atoms with Gasteiger partial charge in [-0.1, -0.05) is 12.1 Å². The smallest absolute Gasteiger partial charge is 0.243 e. The molecule has 0 bridgehead atoms. The number of nitrogens with zero attached hydrogens (tertiary/aromatic N) is 6. The number of sulfonamides is 1. The summed E-state index contributed by atoms with van der Waals surface area (Å²) in [5, 5.41) is 8.73. The van der Waals surface area contributed by atoms with Crippen LogP contribution in [0.1, 0.15) is 35.7 Å². The fourth-order valence-electron chi connectivity index (χ4n) is 3.94. The lowest BCUT2D eigenvalue weighted by atomic mass is 10.2. The van der Waals surface area contributed by atoms with E-state index in [1.165, 1.54) is 0 Å². The zero-order valence-electron chi connectivity index (χ0n) is 16.6. The van der Waals surface area contributed by atoms with Crippen molar-refractivity contribution in [1.82, 2.24) is 23.9 Å². The van der Waals surface area contributed by atoms with E-state index in [0.717, 1.165) is 41.3 Å². The topological polar surface area (TPSA) is 83.7 Å². The Hall–Kier alpha value is -2.52. The SMILES string of the molecule is Cc1ccc(C)c(S(=O)(=O)N2CCN(c3nccn4c(C5CC5)nnc34)CC2)c1. The first-order valence-electron chi connectivity index (χ1n) is 9.97. The lowest BCUT2D eigenvalue weighted by Crippen LogP contribution is -2.49. The largest absolute Gasteiger partial charge is 0.351 e. The number of aryl methyl sites for hydroxylation is 2. The van der Waals surface area contributed by atoms with Crippen molar-refractivity contribution < 1.29 is 8.42 Å². The van der Waals surface area contributed by atoms with E-state index in [1.807, 2.05) is 36.6 Å². The molecule has 29 heavy (non-hydrogen) atoms. The van der Waals surface area contributed by atoms with Crippen molar-refractivity contribution in [3.63, 3.8) is 0 Å². The second-order valence-corrected chi connectivity index (χ2v) is 9.84. The summed E-state index contributed by atoms with van der Waals surface area (Å²) in [5.74, 6) is 2.27. The van der Waals surface area contributed by atoms with Crippen molar-refractivity contribution in [3.8, 4) is 0 Å². The summed E-state index contributed by atoms with van der Waals surface area (Å²) in [5.41, 5.74) is 2.47. The van der Waals surface area contributed by atoms with Gasteiger partial charge >= 0.3 is 0 Å². The van der Waals surface area contributed by atoms with Crippen LogP contribution in [0.4, 0.5) is 5.82 Å². The molecule has 8 nitrogen and oxygen atoms in total. The number of aromatic nitrogens is 4. The van der Waals surface area contributed by atoms with E-state index in [1.54, 1.807) is 16.6 Å². The third-order valence-corrected chi connectivity index (χ3v) is 7.82. The van der Waals surface area contributed by atoms with Crippen LogP contribution in [-0.2, 0) is 10.0 Å². The molecule has 2 aliphatic rings. The summed E-state index contributed by atoms with van der Waals surface area (Å²) >= 11 is 0. The number of rotatable bonds is 4. The fourth-order valence-corrected chi connectivity index (χ4v) is 5.67. The molecule has 0 unspecified atom stereocenters. The number of anilines is 1. The maximum absolute atomic E-state index is 13.2. The van der Waals surface area contributed by atoms with E-state index in [0.29, 0.717) is 37.0 Å². The standard InChI is InChI=1S/C20H24N6O2S/c1-14-3-4-15(2)17(13-14)29(27,28)25-11-9-24(10-12-25)19-20-23-22-18(16-5-6-16)26(20)8-7-21-19/h3-4,7-8,13,16H,5-6,9-12H2,1-2H3. The second kappa shape index (κ2) is 6.77. The van der Waals surface area contributed by atoms with Crippen molar-refractivity contribution in [3.05, 3.63) is 47.5 Å². The predicted octanol–water partition coefficient (Wildman–Crippen LogP) is 2.13. The van der Waals surface area contributed by atoms with Gasteiger partial charge in [-0.25, -0.2) is 13.4 Å². The van der Waals surface area contributed by atoms with Gasteiger partial charge in [-0.2, -0.15) is 4.31 Å². The van der Waals surface area contributed by atoms with Crippen LogP contribution < -0.4 is 4.90 Å². The maximum Gasteiger partial charge on any atom is 0.243 e. The Morgan fingerprint density at radius 1 is 1.03 bits per heavy atom. The van der Waals surface area contributed by atoms with E-state index < -0.39 is 10.0 Å². The van der Waals surface area contributed by atoms with Crippen LogP contribution in [0.2, 0.25) is 0 Å². The Labute approximate surface area is 170 Å². The highest BCUT2D eigenvalue weighted by Gasteiger charge is 2.32. The van der Waals surface area contributed by atoms with Gasteiger partial charge in [0.15, 0.2) is 5.82 Å². The molecule has 0 atom stereocenters. The fraction of sp³-hybridized carbons (Fsp3) is 0.450. The highest BCUT2D eigenvalue weighted by molar-refractivity contribution is 7.89. The quantitative estimate of drug-likeness (QED) is 0.653. The minimum absolute atomic E-state index is 0.401. The van der Waals surface area contributed by atoms with E-state index in [9.17, 15) is 8.42 Å². The Kier molecular flexibility index (Phi) is 4.32. The average Bonchev–Trinajstić information content (AvgIpc) is 3.48. The lowest BCUT2D eigenvalue weighted by Gasteiger charge is -2.34. The first-order chi connectivity index (χ1) is 13.9. The molecule has 0 N–H and O–H groups in total. The lowest BCUT2D eigenvalue weighted by molar-refractivity contribution is 0.383. The third kappa shape index (κ3) is 3.18. The molecule has 0 amide bonds. The van der Waals surface area contributed by atoms with Gasteiger partial charge in [0.25, 0.3) is 0 Å². The van der Waals surface area contributed by atoms with Gasteiger partial charge in [0.05, 0.1) is 4.90 Å². The van der Waals surface area contributed by atoms with Crippen molar-refractivity contribution in [2.75, 3.05) is 31.1 Å². The Morgan fingerprint density at radius 3 is 2.52 bits per heavy atom. The minimum atomic E-state index is -3.51. The average molecular weight is 413 g/mol. The Morgan fingerprint density at radius 2 is 1.79 bits per heavy atom. The summed E-state index contributed by atoms with van der Waals surface area (Å²) in [6.45, 7) is 5.74. The Bertz CT molecular complexity index is 1180. The number of benzene rings is 1. The molecule has 152 valence electrons. The van der Waals surface area contributed by atoms with Gasteiger partial charge in [0, 0.05) is 44.5 Å². The zero-order chi connectivity index (χ0) is 20.2.